The lowest BCUT2D eigenvalue weighted by molar-refractivity contribution is -0.117. The summed E-state index contributed by atoms with van der Waals surface area (Å²) in [5.41, 5.74) is 2.17. The first-order chi connectivity index (χ1) is 9.54. The molecule has 0 aromatic heterocycles. The fraction of sp³-hybridized carbons (Fsp3) is 0.588. The van der Waals surface area contributed by atoms with Crippen molar-refractivity contribution in [1.29, 1.82) is 0 Å². The van der Waals surface area contributed by atoms with Crippen LogP contribution in [0.4, 0.5) is 5.69 Å². The zero-order chi connectivity index (χ0) is 14.5. The SMILES string of the molecule is CC1CCN(CC(=O)Nc2cccc(C(C)C)c2)CC1. The summed E-state index contributed by atoms with van der Waals surface area (Å²) < 4.78 is 0. The van der Waals surface area contributed by atoms with Crippen molar-refractivity contribution in [3.05, 3.63) is 29.8 Å². The van der Waals surface area contributed by atoms with Crippen LogP contribution in [0.15, 0.2) is 24.3 Å². The van der Waals surface area contributed by atoms with E-state index in [-0.39, 0.29) is 5.91 Å². The van der Waals surface area contributed by atoms with Gasteiger partial charge >= 0.3 is 0 Å². The number of nitrogens with zero attached hydrogens (tertiary/aromatic N) is 1. The number of likely N-dealkylation sites (tertiary alicyclic amines) is 1. The summed E-state index contributed by atoms with van der Waals surface area (Å²) in [5, 5.41) is 3.02. The quantitative estimate of drug-likeness (QED) is 0.911. The van der Waals surface area contributed by atoms with Crippen molar-refractivity contribution in [3.63, 3.8) is 0 Å². The van der Waals surface area contributed by atoms with E-state index in [0.29, 0.717) is 12.5 Å². The minimum atomic E-state index is 0.0976. The Morgan fingerprint density at radius 2 is 2.05 bits per heavy atom. The lowest BCUT2D eigenvalue weighted by atomic mass is 9.99. The molecule has 3 heteroatoms. The second-order valence-electron chi connectivity index (χ2n) is 6.29. The first-order valence-electron chi connectivity index (χ1n) is 7.66. The molecule has 1 saturated heterocycles. The maximum Gasteiger partial charge on any atom is 0.238 e. The Bertz CT molecular complexity index is 448. The molecule has 0 atom stereocenters. The molecule has 0 saturated carbocycles. The van der Waals surface area contributed by atoms with Crippen LogP contribution >= 0.6 is 0 Å². The van der Waals surface area contributed by atoms with Crippen LogP contribution in [0.2, 0.25) is 0 Å². The molecule has 20 heavy (non-hydrogen) atoms. The Kier molecular flexibility index (Phi) is 5.18. The normalized spacial score (nSPS) is 17.4. The summed E-state index contributed by atoms with van der Waals surface area (Å²) >= 11 is 0. The van der Waals surface area contributed by atoms with Crippen molar-refractivity contribution in [2.75, 3.05) is 25.0 Å². The Balaban J connectivity index is 1.86. The molecule has 1 aromatic carbocycles. The number of carbonyl (C=O) groups is 1. The number of rotatable bonds is 4. The maximum absolute atomic E-state index is 12.1. The second kappa shape index (κ2) is 6.89. The number of nitrogens with one attached hydrogen (secondary N) is 1. The molecule has 0 aliphatic carbocycles. The molecule has 1 N–H and O–H groups in total. The molecule has 1 aromatic rings. The van der Waals surface area contributed by atoms with Gasteiger partial charge in [0.25, 0.3) is 0 Å². The Morgan fingerprint density at radius 3 is 2.70 bits per heavy atom. The molecule has 1 aliphatic heterocycles. The third kappa shape index (κ3) is 4.34. The van der Waals surface area contributed by atoms with Crippen molar-refractivity contribution in [2.45, 2.75) is 39.5 Å². The monoisotopic (exact) mass is 274 g/mol. The van der Waals surface area contributed by atoms with E-state index >= 15 is 0 Å². The summed E-state index contributed by atoms with van der Waals surface area (Å²) in [6.45, 7) is 9.21. The number of benzene rings is 1. The van der Waals surface area contributed by atoms with Crippen molar-refractivity contribution in [2.24, 2.45) is 5.92 Å². The van der Waals surface area contributed by atoms with E-state index in [1.165, 1.54) is 18.4 Å². The molecular weight excluding hydrogens is 248 g/mol. The zero-order valence-corrected chi connectivity index (χ0v) is 12.9. The highest BCUT2D eigenvalue weighted by Gasteiger charge is 2.17. The molecule has 2 rings (SSSR count). The van der Waals surface area contributed by atoms with E-state index in [1.54, 1.807) is 0 Å². The van der Waals surface area contributed by atoms with Crippen LogP contribution in [0.5, 0.6) is 0 Å². The van der Waals surface area contributed by atoms with E-state index in [1.807, 2.05) is 12.1 Å². The van der Waals surface area contributed by atoms with Crippen LogP contribution in [0, 0.1) is 5.92 Å². The number of piperidine rings is 1. The van der Waals surface area contributed by atoms with Gasteiger partial charge in [-0.05, 0) is 55.5 Å². The minimum absolute atomic E-state index is 0.0976. The van der Waals surface area contributed by atoms with Gasteiger partial charge in [-0.2, -0.15) is 0 Å². The smallest absolute Gasteiger partial charge is 0.238 e. The number of hydrogen-bond donors (Lipinski definition) is 1. The van der Waals surface area contributed by atoms with E-state index in [2.05, 4.69) is 43.1 Å². The van der Waals surface area contributed by atoms with Crippen molar-refractivity contribution in [1.82, 2.24) is 4.90 Å². The van der Waals surface area contributed by atoms with Crippen LogP contribution in [0.3, 0.4) is 0 Å². The predicted molar refractivity (Wildman–Crippen MR) is 84.0 cm³/mol. The van der Waals surface area contributed by atoms with Gasteiger partial charge in [0.15, 0.2) is 0 Å². The van der Waals surface area contributed by atoms with Crippen LogP contribution in [-0.2, 0) is 4.79 Å². The molecule has 110 valence electrons. The van der Waals surface area contributed by atoms with Crippen LogP contribution in [0.1, 0.15) is 45.1 Å². The van der Waals surface area contributed by atoms with Gasteiger partial charge in [-0.25, -0.2) is 0 Å². The Hall–Kier alpha value is -1.35. The first kappa shape index (κ1) is 15.0. The fourth-order valence-corrected chi connectivity index (χ4v) is 2.60. The largest absolute Gasteiger partial charge is 0.325 e. The van der Waals surface area contributed by atoms with Crippen molar-refractivity contribution >= 4 is 11.6 Å². The van der Waals surface area contributed by atoms with Crippen molar-refractivity contribution in [3.8, 4) is 0 Å². The van der Waals surface area contributed by atoms with Gasteiger partial charge < -0.3 is 5.32 Å². The van der Waals surface area contributed by atoms with Crippen molar-refractivity contribution < 1.29 is 4.79 Å². The minimum Gasteiger partial charge on any atom is -0.325 e. The standard InChI is InChI=1S/C17H26N2O/c1-13(2)15-5-4-6-16(11-15)18-17(20)12-19-9-7-14(3)8-10-19/h4-6,11,13-14H,7-10,12H2,1-3H3,(H,18,20). The van der Waals surface area contributed by atoms with Gasteiger partial charge in [0.05, 0.1) is 6.54 Å². The number of carbonyl (C=O) groups excluding carboxylic acids is 1. The molecule has 1 amide bonds. The summed E-state index contributed by atoms with van der Waals surface area (Å²) in [6.07, 6.45) is 2.41. The molecule has 1 fully saturated rings. The third-order valence-electron chi connectivity index (χ3n) is 4.08. The van der Waals surface area contributed by atoms with Gasteiger partial charge in [0.2, 0.25) is 5.91 Å². The molecule has 1 aliphatic rings. The molecule has 0 radical (unpaired) electrons. The second-order valence-corrected chi connectivity index (χ2v) is 6.29. The van der Waals surface area contributed by atoms with E-state index in [9.17, 15) is 4.79 Å². The highest BCUT2D eigenvalue weighted by Crippen LogP contribution is 2.19. The third-order valence-corrected chi connectivity index (χ3v) is 4.08. The molecule has 0 unspecified atom stereocenters. The van der Waals surface area contributed by atoms with E-state index < -0.39 is 0 Å². The summed E-state index contributed by atoms with van der Waals surface area (Å²) in [5.74, 6) is 1.38. The lowest BCUT2D eigenvalue weighted by Gasteiger charge is -2.29. The molecule has 0 bridgehead atoms. The van der Waals surface area contributed by atoms with Crippen LogP contribution in [-0.4, -0.2) is 30.4 Å². The Morgan fingerprint density at radius 1 is 1.35 bits per heavy atom. The predicted octanol–water partition coefficient (Wildman–Crippen LogP) is 3.48. The highest BCUT2D eigenvalue weighted by atomic mass is 16.2. The van der Waals surface area contributed by atoms with Crippen LogP contribution < -0.4 is 5.32 Å². The summed E-state index contributed by atoms with van der Waals surface area (Å²) in [7, 11) is 0. The average Bonchev–Trinajstić information content (AvgIpc) is 2.41. The maximum atomic E-state index is 12.1. The summed E-state index contributed by atoms with van der Waals surface area (Å²) in [6, 6.07) is 8.14. The van der Waals surface area contributed by atoms with Gasteiger partial charge in [-0.15, -0.1) is 0 Å². The van der Waals surface area contributed by atoms with Crippen LogP contribution in [0.25, 0.3) is 0 Å². The van der Waals surface area contributed by atoms with Gasteiger partial charge in [0.1, 0.15) is 0 Å². The van der Waals surface area contributed by atoms with Gasteiger partial charge in [-0.1, -0.05) is 32.9 Å². The first-order valence-corrected chi connectivity index (χ1v) is 7.66. The molecule has 3 nitrogen and oxygen atoms in total. The van der Waals surface area contributed by atoms with Gasteiger partial charge in [0, 0.05) is 5.69 Å². The number of anilines is 1. The topological polar surface area (TPSA) is 32.3 Å². The summed E-state index contributed by atoms with van der Waals surface area (Å²) in [4.78, 5) is 14.3. The van der Waals surface area contributed by atoms with E-state index in [4.69, 9.17) is 0 Å². The highest BCUT2D eigenvalue weighted by molar-refractivity contribution is 5.92. The Labute approximate surface area is 122 Å². The molecule has 0 spiro atoms. The fourth-order valence-electron chi connectivity index (χ4n) is 2.60. The molecular formula is C17H26N2O. The average molecular weight is 274 g/mol. The zero-order valence-electron chi connectivity index (χ0n) is 12.9. The lowest BCUT2D eigenvalue weighted by Crippen LogP contribution is -2.38. The van der Waals surface area contributed by atoms with Gasteiger partial charge in [-0.3, -0.25) is 9.69 Å². The number of amides is 1. The molecule has 1 heterocycles. The van der Waals surface area contributed by atoms with E-state index in [0.717, 1.165) is 24.7 Å². The number of hydrogen-bond acceptors (Lipinski definition) is 2.